The second kappa shape index (κ2) is 5.60. The van der Waals surface area contributed by atoms with Crippen molar-refractivity contribution in [2.75, 3.05) is 0 Å². The molecule has 0 aromatic carbocycles. The topological polar surface area (TPSA) is 93.8 Å². The molecule has 0 saturated heterocycles. The number of hydrogen-bond acceptors (Lipinski definition) is 8. The average Bonchev–Trinajstić information content (AvgIpc) is 3.09. The van der Waals surface area contributed by atoms with Gasteiger partial charge in [-0.05, 0) is 50.3 Å². The smallest absolute Gasteiger partial charge is 0.347 e. The lowest BCUT2D eigenvalue weighted by molar-refractivity contribution is 0.0702. The zero-order valence-corrected chi connectivity index (χ0v) is 13.5. The van der Waals surface area contributed by atoms with Gasteiger partial charge < -0.3 is 5.11 Å². The molecule has 102 valence electrons. The maximum absolute atomic E-state index is 10.8. The summed E-state index contributed by atoms with van der Waals surface area (Å²) in [7, 11) is 0. The number of carboxylic acid groups (broad SMARTS) is 1. The lowest BCUT2D eigenvalue weighted by Crippen LogP contribution is -1.95. The highest BCUT2D eigenvalue weighted by molar-refractivity contribution is 9.11. The molecule has 0 radical (unpaired) electrons. The Morgan fingerprint density at radius 3 is 2.90 bits per heavy atom. The number of thiophene rings is 1. The Balaban J connectivity index is 1.88. The van der Waals surface area contributed by atoms with Crippen molar-refractivity contribution >= 4 is 56.3 Å². The van der Waals surface area contributed by atoms with Crippen molar-refractivity contribution in [3.05, 3.63) is 27.0 Å². The van der Waals surface area contributed by atoms with Crippen molar-refractivity contribution in [3.8, 4) is 5.00 Å². The molecule has 3 aromatic heterocycles. The van der Waals surface area contributed by atoms with Gasteiger partial charge in [0, 0.05) is 0 Å². The second-order valence-electron chi connectivity index (χ2n) is 3.35. The molecular formula is C9H4BrN5O2S3. The fourth-order valence-electron chi connectivity index (χ4n) is 1.28. The third-order valence-corrected chi connectivity index (χ3v) is 5.68. The Bertz CT molecular complexity index is 767. The van der Waals surface area contributed by atoms with E-state index in [2.05, 4.69) is 36.4 Å². The van der Waals surface area contributed by atoms with Gasteiger partial charge in [-0.15, -0.1) is 27.8 Å². The minimum absolute atomic E-state index is 0.186. The van der Waals surface area contributed by atoms with Crippen molar-refractivity contribution in [1.29, 1.82) is 0 Å². The number of nitrogens with zero attached hydrogens (tertiary/aromatic N) is 5. The van der Waals surface area contributed by atoms with Gasteiger partial charge in [0.05, 0.1) is 9.98 Å². The quantitative estimate of drug-likeness (QED) is 0.732. The molecule has 3 heterocycles. The summed E-state index contributed by atoms with van der Waals surface area (Å²) in [4.78, 5) is 15.0. The third kappa shape index (κ3) is 2.75. The van der Waals surface area contributed by atoms with Gasteiger partial charge in [-0.2, -0.15) is 4.68 Å². The highest BCUT2D eigenvalue weighted by atomic mass is 79.9. The van der Waals surface area contributed by atoms with Crippen LogP contribution in [0.1, 0.15) is 9.67 Å². The third-order valence-electron chi connectivity index (χ3n) is 2.08. The van der Waals surface area contributed by atoms with Crippen molar-refractivity contribution in [2.24, 2.45) is 0 Å². The van der Waals surface area contributed by atoms with Crippen LogP contribution >= 0.6 is 50.4 Å². The van der Waals surface area contributed by atoms with Crippen LogP contribution in [-0.4, -0.2) is 36.3 Å². The molecule has 0 aliphatic rings. The van der Waals surface area contributed by atoms with Crippen molar-refractivity contribution in [2.45, 2.75) is 9.50 Å². The predicted octanol–water partition coefficient (Wildman–Crippen LogP) is 2.79. The lowest BCUT2D eigenvalue weighted by atomic mass is 10.6. The molecule has 1 N–H and O–H groups in total. The number of carboxylic acids is 1. The molecule has 0 bridgehead atoms. The first-order chi connectivity index (χ1) is 9.63. The molecule has 7 nitrogen and oxygen atoms in total. The number of thiazole rings is 1. The molecule has 0 amide bonds. The fraction of sp³-hybridized carbons (Fsp3) is 0. The molecule has 0 unspecified atom stereocenters. The molecule has 0 spiro atoms. The van der Waals surface area contributed by atoms with Gasteiger partial charge >= 0.3 is 5.97 Å². The first kappa shape index (κ1) is 13.7. The van der Waals surface area contributed by atoms with Crippen LogP contribution in [0.15, 0.2) is 31.6 Å². The Morgan fingerprint density at radius 1 is 1.40 bits per heavy atom. The molecule has 0 fully saturated rings. The number of rotatable bonds is 4. The van der Waals surface area contributed by atoms with Crippen LogP contribution in [0.4, 0.5) is 0 Å². The number of halogens is 1. The van der Waals surface area contributed by atoms with Crippen LogP contribution in [-0.2, 0) is 0 Å². The highest BCUT2D eigenvalue weighted by Gasteiger charge is 2.15. The molecule has 20 heavy (non-hydrogen) atoms. The SMILES string of the molecule is O=C(O)c1cnc(Sc2nnnn2-c2ccc(Br)s2)s1. The maximum atomic E-state index is 10.8. The zero-order chi connectivity index (χ0) is 14.1. The van der Waals surface area contributed by atoms with Crippen LogP contribution < -0.4 is 0 Å². The van der Waals surface area contributed by atoms with Crippen LogP contribution in [0.25, 0.3) is 5.00 Å². The van der Waals surface area contributed by atoms with E-state index in [1.807, 2.05) is 12.1 Å². The van der Waals surface area contributed by atoms with Gasteiger partial charge in [0.25, 0.3) is 0 Å². The summed E-state index contributed by atoms with van der Waals surface area (Å²) in [5.74, 6) is -0.990. The number of aromatic carboxylic acids is 1. The van der Waals surface area contributed by atoms with Crippen LogP contribution in [0.3, 0.4) is 0 Å². The standard InChI is InChI=1S/C9H4BrN5O2S3/c10-5-1-2-6(19-5)15-8(12-13-14-15)20-9-11-3-4(18-9)7(16)17/h1-3H,(H,16,17). The molecule has 3 aromatic rings. The highest BCUT2D eigenvalue weighted by Crippen LogP contribution is 2.32. The van der Waals surface area contributed by atoms with Crippen LogP contribution in [0.2, 0.25) is 0 Å². The van der Waals surface area contributed by atoms with E-state index in [1.54, 1.807) is 4.68 Å². The summed E-state index contributed by atoms with van der Waals surface area (Å²) in [6, 6.07) is 3.79. The molecule has 0 atom stereocenters. The number of carbonyl (C=O) groups is 1. The minimum atomic E-state index is -0.990. The van der Waals surface area contributed by atoms with Gasteiger partial charge in [0.15, 0.2) is 4.34 Å². The fourth-order valence-corrected chi connectivity index (χ4v) is 4.36. The van der Waals surface area contributed by atoms with Gasteiger partial charge in [-0.1, -0.05) is 0 Å². The molecule has 0 aliphatic carbocycles. The summed E-state index contributed by atoms with van der Waals surface area (Å²) >= 11 is 7.19. The van der Waals surface area contributed by atoms with Gasteiger partial charge in [-0.25, -0.2) is 9.78 Å². The summed E-state index contributed by atoms with van der Waals surface area (Å²) < 4.78 is 3.14. The lowest BCUT2D eigenvalue weighted by Gasteiger charge is -1.98. The normalized spacial score (nSPS) is 10.8. The Morgan fingerprint density at radius 2 is 2.25 bits per heavy atom. The molecule has 3 rings (SSSR count). The number of hydrogen-bond donors (Lipinski definition) is 1. The maximum Gasteiger partial charge on any atom is 0.347 e. The van der Waals surface area contributed by atoms with Crippen molar-refractivity contribution in [1.82, 2.24) is 25.2 Å². The van der Waals surface area contributed by atoms with Crippen LogP contribution in [0, 0.1) is 0 Å². The van der Waals surface area contributed by atoms with Gasteiger partial charge in [0.2, 0.25) is 5.16 Å². The second-order valence-corrected chi connectivity index (χ2v) is 8.04. The van der Waals surface area contributed by atoms with E-state index in [0.717, 1.165) is 20.1 Å². The van der Waals surface area contributed by atoms with E-state index >= 15 is 0 Å². The average molecular weight is 390 g/mol. The summed E-state index contributed by atoms with van der Waals surface area (Å²) in [6.45, 7) is 0. The molecule has 0 saturated carbocycles. The summed E-state index contributed by atoms with van der Waals surface area (Å²) in [5.41, 5.74) is 0. The van der Waals surface area contributed by atoms with E-state index in [4.69, 9.17) is 5.11 Å². The summed E-state index contributed by atoms with van der Waals surface area (Å²) in [5, 5.41) is 21.8. The Labute approximate surface area is 132 Å². The number of tetrazole rings is 1. The zero-order valence-electron chi connectivity index (χ0n) is 9.43. The largest absolute Gasteiger partial charge is 0.477 e. The van der Waals surface area contributed by atoms with Crippen molar-refractivity contribution < 1.29 is 9.90 Å². The van der Waals surface area contributed by atoms with Gasteiger partial charge in [0.1, 0.15) is 9.88 Å². The molecule has 0 aliphatic heterocycles. The molecular weight excluding hydrogens is 386 g/mol. The first-order valence-electron chi connectivity index (χ1n) is 5.04. The van der Waals surface area contributed by atoms with Gasteiger partial charge in [-0.3, -0.25) is 0 Å². The first-order valence-corrected chi connectivity index (χ1v) is 8.29. The Hall–Kier alpha value is -1.30. The van der Waals surface area contributed by atoms with E-state index in [9.17, 15) is 4.79 Å². The van der Waals surface area contributed by atoms with E-state index in [1.165, 1.54) is 29.3 Å². The number of aromatic nitrogens is 5. The molecule has 11 heteroatoms. The van der Waals surface area contributed by atoms with Crippen LogP contribution in [0.5, 0.6) is 0 Å². The van der Waals surface area contributed by atoms with E-state index in [-0.39, 0.29) is 4.88 Å². The van der Waals surface area contributed by atoms with E-state index in [0.29, 0.717) is 9.50 Å². The Kier molecular flexibility index (Phi) is 3.83. The van der Waals surface area contributed by atoms with Crippen molar-refractivity contribution in [3.63, 3.8) is 0 Å². The monoisotopic (exact) mass is 389 g/mol. The van der Waals surface area contributed by atoms with E-state index < -0.39 is 5.97 Å². The predicted molar refractivity (Wildman–Crippen MR) is 77.9 cm³/mol. The minimum Gasteiger partial charge on any atom is -0.477 e. The summed E-state index contributed by atoms with van der Waals surface area (Å²) in [6.07, 6.45) is 1.32.